The number of carbonyl (C=O) groups is 2. The van der Waals surface area contributed by atoms with E-state index in [1.807, 2.05) is 13.8 Å². The fourth-order valence-corrected chi connectivity index (χ4v) is 2.85. The van der Waals surface area contributed by atoms with Gasteiger partial charge < -0.3 is 19.7 Å². The first kappa shape index (κ1) is 16.8. The summed E-state index contributed by atoms with van der Waals surface area (Å²) in [4.78, 5) is 26.4. The zero-order valence-electron chi connectivity index (χ0n) is 14.4. The van der Waals surface area contributed by atoms with Crippen LogP contribution in [-0.2, 0) is 4.79 Å². The number of hydrogen-bond acceptors (Lipinski definition) is 4. The zero-order chi connectivity index (χ0) is 18.0. The second-order valence-electron chi connectivity index (χ2n) is 5.98. The molecule has 0 saturated carbocycles. The number of amides is 2. The fourth-order valence-electron chi connectivity index (χ4n) is 2.85. The molecule has 1 aliphatic rings. The van der Waals surface area contributed by atoms with Gasteiger partial charge in [-0.15, -0.1) is 0 Å². The Labute approximate surface area is 146 Å². The molecule has 0 aromatic heterocycles. The summed E-state index contributed by atoms with van der Waals surface area (Å²) in [5, 5.41) is 2.84. The standard InChI is InChI=1S/C19H20N2O4/c1-12(2)21-15-10-13(8-9-17(15)25-11-18(21)22)20-19(23)14-6-4-5-7-16(14)24-3/h4-10,12H,11H2,1-3H3,(H,20,23). The summed E-state index contributed by atoms with van der Waals surface area (Å²) in [6.07, 6.45) is 0. The zero-order valence-corrected chi connectivity index (χ0v) is 14.4. The van der Waals surface area contributed by atoms with Crippen molar-refractivity contribution >= 4 is 23.2 Å². The number of ether oxygens (including phenoxy) is 2. The highest BCUT2D eigenvalue weighted by molar-refractivity contribution is 6.07. The second-order valence-corrected chi connectivity index (χ2v) is 5.98. The van der Waals surface area contributed by atoms with Crippen molar-refractivity contribution in [3.05, 3.63) is 48.0 Å². The summed E-state index contributed by atoms with van der Waals surface area (Å²) in [5.41, 5.74) is 1.68. The van der Waals surface area contributed by atoms with E-state index in [0.717, 1.165) is 0 Å². The Kier molecular flexibility index (Phi) is 4.61. The van der Waals surface area contributed by atoms with Gasteiger partial charge in [0.2, 0.25) is 0 Å². The number of hydrogen-bond donors (Lipinski definition) is 1. The maximum Gasteiger partial charge on any atom is 0.265 e. The molecule has 25 heavy (non-hydrogen) atoms. The Hall–Kier alpha value is -3.02. The van der Waals surface area contributed by atoms with Gasteiger partial charge in [0, 0.05) is 11.7 Å². The third kappa shape index (κ3) is 3.28. The highest BCUT2D eigenvalue weighted by atomic mass is 16.5. The lowest BCUT2D eigenvalue weighted by Crippen LogP contribution is -2.43. The van der Waals surface area contributed by atoms with Crippen LogP contribution in [-0.4, -0.2) is 31.6 Å². The molecule has 0 bridgehead atoms. The van der Waals surface area contributed by atoms with E-state index >= 15 is 0 Å². The van der Waals surface area contributed by atoms with Crippen molar-refractivity contribution in [1.82, 2.24) is 0 Å². The second kappa shape index (κ2) is 6.84. The summed E-state index contributed by atoms with van der Waals surface area (Å²) >= 11 is 0. The molecule has 2 amide bonds. The molecular weight excluding hydrogens is 320 g/mol. The average molecular weight is 340 g/mol. The molecule has 0 aliphatic carbocycles. The number of para-hydroxylation sites is 1. The van der Waals surface area contributed by atoms with Crippen LogP contribution in [0, 0.1) is 0 Å². The topological polar surface area (TPSA) is 67.9 Å². The van der Waals surface area contributed by atoms with Crippen molar-refractivity contribution in [3.8, 4) is 11.5 Å². The van der Waals surface area contributed by atoms with Gasteiger partial charge >= 0.3 is 0 Å². The number of carbonyl (C=O) groups excluding carboxylic acids is 2. The number of nitrogens with one attached hydrogen (secondary N) is 1. The van der Waals surface area contributed by atoms with Gasteiger partial charge in [-0.2, -0.15) is 0 Å². The minimum Gasteiger partial charge on any atom is -0.496 e. The van der Waals surface area contributed by atoms with Gasteiger partial charge in [-0.05, 0) is 44.2 Å². The van der Waals surface area contributed by atoms with Crippen molar-refractivity contribution in [1.29, 1.82) is 0 Å². The third-order valence-electron chi connectivity index (χ3n) is 3.96. The van der Waals surface area contributed by atoms with Crippen LogP contribution in [0.3, 0.4) is 0 Å². The van der Waals surface area contributed by atoms with Crippen LogP contribution in [0.15, 0.2) is 42.5 Å². The van der Waals surface area contributed by atoms with Crippen LogP contribution in [0.2, 0.25) is 0 Å². The van der Waals surface area contributed by atoms with Crippen LogP contribution in [0.25, 0.3) is 0 Å². The minimum absolute atomic E-state index is 0.00433. The molecule has 0 spiro atoms. The number of fused-ring (bicyclic) bond motifs is 1. The monoisotopic (exact) mass is 340 g/mol. The van der Waals surface area contributed by atoms with Crippen molar-refractivity contribution in [2.24, 2.45) is 0 Å². The van der Waals surface area contributed by atoms with Gasteiger partial charge in [-0.25, -0.2) is 0 Å². The molecule has 1 aliphatic heterocycles. The van der Waals surface area contributed by atoms with Crippen LogP contribution in [0.1, 0.15) is 24.2 Å². The maximum absolute atomic E-state index is 12.5. The van der Waals surface area contributed by atoms with Gasteiger partial charge in [0.1, 0.15) is 11.5 Å². The van der Waals surface area contributed by atoms with Crippen LogP contribution in [0.5, 0.6) is 11.5 Å². The quantitative estimate of drug-likeness (QED) is 0.929. The van der Waals surface area contributed by atoms with Crippen LogP contribution in [0.4, 0.5) is 11.4 Å². The molecule has 3 rings (SSSR count). The maximum atomic E-state index is 12.5. The van der Waals surface area contributed by atoms with Gasteiger partial charge in [0.05, 0.1) is 18.4 Å². The summed E-state index contributed by atoms with van der Waals surface area (Å²) in [7, 11) is 1.52. The molecule has 0 radical (unpaired) electrons. The largest absolute Gasteiger partial charge is 0.496 e. The highest BCUT2D eigenvalue weighted by Gasteiger charge is 2.28. The number of benzene rings is 2. The van der Waals surface area contributed by atoms with Crippen LogP contribution < -0.4 is 19.7 Å². The first-order chi connectivity index (χ1) is 12.0. The first-order valence-corrected chi connectivity index (χ1v) is 8.04. The van der Waals surface area contributed by atoms with E-state index in [1.54, 1.807) is 47.4 Å². The van der Waals surface area contributed by atoms with E-state index in [0.29, 0.717) is 28.4 Å². The Morgan fingerprint density at radius 3 is 2.72 bits per heavy atom. The summed E-state index contributed by atoms with van der Waals surface area (Å²) in [5.74, 6) is 0.746. The Balaban J connectivity index is 1.90. The van der Waals surface area contributed by atoms with Crippen LogP contribution >= 0.6 is 0 Å². The summed E-state index contributed by atoms with van der Waals surface area (Å²) in [6.45, 7) is 3.90. The lowest BCUT2D eigenvalue weighted by Gasteiger charge is -2.32. The fraction of sp³-hybridized carbons (Fsp3) is 0.263. The van der Waals surface area contributed by atoms with Crippen molar-refractivity contribution in [2.45, 2.75) is 19.9 Å². The molecule has 0 unspecified atom stereocenters. The smallest absolute Gasteiger partial charge is 0.265 e. The van der Waals surface area contributed by atoms with Crippen molar-refractivity contribution in [2.75, 3.05) is 23.9 Å². The predicted octanol–water partition coefficient (Wildman–Crippen LogP) is 3.08. The molecule has 6 heteroatoms. The third-order valence-corrected chi connectivity index (χ3v) is 3.96. The summed E-state index contributed by atoms with van der Waals surface area (Å²) < 4.78 is 10.7. The summed E-state index contributed by atoms with van der Waals surface area (Å²) in [6, 6.07) is 12.3. The Bertz CT molecular complexity index is 817. The molecular formula is C19H20N2O4. The molecule has 130 valence electrons. The van der Waals surface area contributed by atoms with E-state index in [-0.39, 0.29) is 24.5 Å². The van der Waals surface area contributed by atoms with Gasteiger partial charge in [0.25, 0.3) is 11.8 Å². The molecule has 1 heterocycles. The molecule has 6 nitrogen and oxygen atoms in total. The minimum atomic E-state index is -0.281. The Morgan fingerprint density at radius 2 is 2.00 bits per heavy atom. The molecule has 0 fully saturated rings. The molecule has 0 atom stereocenters. The van der Waals surface area contributed by atoms with E-state index in [1.165, 1.54) is 7.11 Å². The molecule has 2 aromatic carbocycles. The average Bonchev–Trinajstić information content (AvgIpc) is 2.61. The van der Waals surface area contributed by atoms with E-state index in [2.05, 4.69) is 5.32 Å². The Morgan fingerprint density at radius 1 is 1.24 bits per heavy atom. The lowest BCUT2D eigenvalue weighted by molar-refractivity contribution is -0.121. The SMILES string of the molecule is COc1ccccc1C(=O)Nc1ccc2c(c1)N(C(C)C)C(=O)CO2. The number of nitrogens with zero attached hydrogens (tertiary/aromatic N) is 1. The molecule has 1 N–H and O–H groups in total. The number of anilines is 2. The molecule has 0 saturated heterocycles. The highest BCUT2D eigenvalue weighted by Crippen LogP contribution is 2.36. The van der Waals surface area contributed by atoms with Gasteiger partial charge in [-0.3, -0.25) is 9.59 Å². The molecule has 2 aromatic rings. The van der Waals surface area contributed by atoms with Crippen molar-refractivity contribution in [3.63, 3.8) is 0 Å². The van der Waals surface area contributed by atoms with E-state index in [9.17, 15) is 9.59 Å². The number of rotatable bonds is 4. The van der Waals surface area contributed by atoms with Gasteiger partial charge in [-0.1, -0.05) is 12.1 Å². The van der Waals surface area contributed by atoms with Crippen molar-refractivity contribution < 1.29 is 19.1 Å². The van der Waals surface area contributed by atoms with E-state index in [4.69, 9.17) is 9.47 Å². The number of methoxy groups -OCH3 is 1. The first-order valence-electron chi connectivity index (χ1n) is 8.04. The normalized spacial score (nSPS) is 13.3. The lowest BCUT2D eigenvalue weighted by atomic mass is 10.1. The predicted molar refractivity (Wildman–Crippen MR) is 95.5 cm³/mol. The van der Waals surface area contributed by atoms with Gasteiger partial charge in [0.15, 0.2) is 6.61 Å². The van der Waals surface area contributed by atoms with E-state index < -0.39 is 0 Å².